The van der Waals surface area contributed by atoms with Crippen LogP contribution in [-0.4, -0.2) is 41.1 Å². The average Bonchev–Trinajstić information content (AvgIpc) is 3.09. The highest BCUT2D eigenvalue weighted by Gasteiger charge is 2.35. The van der Waals surface area contributed by atoms with Crippen LogP contribution in [0.1, 0.15) is 30.3 Å². The first-order valence-electron chi connectivity index (χ1n) is 6.41. The normalized spacial score (nSPS) is 17.2. The fourth-order valence-corrected chi connectivity index (χ4v) is 2.59. The third-order valence-corrected chi connectivity index (χ3v) is 4.11. The molecule has 1 heterocycles. The van der Waals surface area contributed by atoms with Gasteiger partial charge in [-0.05, 0) is 48.8 Å². The highest BCUT2D eigenvalue weighted by Crippen LogP contribution is 2.38. The minimum atomic E-state index is 0.121. The molecule has 0 aromatic carbocycles. The summed E-state index contributed by atoms with van der Waals surface area (Å²) in [5.74, 6) is 0.929. The van der Waals surface area contributed by atoms with Gasteiger partial charge < -0.3 is 4.90 Å². The lowest BCUT2D eigenvalue weighted by Crippen LogP contribution is -2.24. The van der Waals surface area contributed by atoms with Crippen LogP contribution in [-0.2, 0) is 6.54 Å². The lowest BCUT2D eigenvalue weighted by atomic mass is 9.98. The number of nitrogens with zero attached hydrogens (tertiary/aromatic N) is 3. The van der Waals surface area contributed by atoms with Crippen molar-refractivity contribution in [2.75, 3.05) is 20.6 Å². The molecule has 1 aromatic rings. The van der Waals surface area contributed by atoms with Crippen molar-refractivity contribution < 1.29 is 4.79 Å². The van der Waals surface area contributed by atoms with E-state index in [-0.39, 0.29) is 11.7 Å². The first kappa shape index (κ1) is 13.7. The van der Waals surface area contributed by atoms with E-state index in [9.17, 15) is 4.79 Å². The summed E-state index contributed by atoms with van der Waals surface area (Å²) in [5.41, 5.74) is 0.733. The molecule has 0 N–H and O–H groups in total. The SMILES string of the molecule is CC(C(=O)c1c(Br)cnn1CCN(C)C)C1CC1. The first-order chi connectivity index (χ1) is 8.50. The molecule has 1 aromatic heterocycles. The number of aromatic nitrogens is 2. The molecular formula is C13H20BrN3O. The van der Waals surface area contributed by atoms with Crippen molar-refractivity contribution in [1.29, 1.82) is 0 Å². The first-order valence-corrected chi connectivity index (χ1v) is 7.20. The van der Waals surface area contributed by atoms with Gasteiger partial charge in [0.05, 0.1) is 17.2 Å². The van der Waals surface area contributed by atoms with Crippen molar-refractivity contribution >= 4 is 21.7 Å². The Hall–Kier alpha value is -0.680. The van der Waals surface area contributed by atoms with Crippen LogP contribution < -0.4 is 0 Å². The van der Waals surface area contributed by atoms with Crippen LogP contribution in [0, 0.1) is 11.8 Å². The van der Waals surface area contributed by atoms with Crippen LogP contribution in [0.4, 0.5) is 0 Å². The van der Waals surface area contributed by atoms with Gasteiger partial charge in [-0.15, -0.1) is 0 Å². The van der Waals surface area contributed by atoms with E-state index in [1.807, 2.05) is 25.7 Å². The fraction of sp³-hybridized carbons (Fsp3) is 0.692. The van der Waals surface area contributed by atoms with Gasteiger partial charge >= 0.3 is 0 Å². The molecule has 4 nitrogen and oxygen atoms in total. The topological polar surface area (TPSA) is 38.1 Å². The quantitative estimate of drug-likeness (QED) is 0.757. The Kier molecular flexibility index (Phi) is 4.22. The third kappa shape index (κ3) is 3.01. The van der Waals surface area contributed by atoms with E-state index in [0.717, 1.165) is 23.3 Å². The van der Waals surface area contributed by atoms with Gasteiger partial charge in [0, 0.05) is 12.5 Å². The van der Waals surface area contributed by atoms with Gasteiger partial charge in [0.1, 0.15) is 5.69 Å². The van der Waals surface area contributed by atoms with Gasteiger partial charge in [0.15, 0.2) is 5.78 Å². The molecule has 0 bridgehead atoms. The minimum absolute atomic E-state index is 0.121. The maximum atomic E-state index is 12.5. The molecular weight excluding hydrogens is 294 g/mol. The van der Waals surface area contributed by atoms with Crippen molar-refractivity contribution in [3.63, 3.8) is 0 Å². The third-order valence-electron chi connectivity index (χ3n) is 3.53. The Labute approximate surface area is 116 Å². The highest BCUT2D eigenvalue weighted by atomic mass is 79.9. The predicted molar refractivity (Wildman–Crippen MR) is 74.7 cm³/mol. The summed E-state index contributed by atoms with van der Waals surface area (Å²) in [7, 11) is 4.04. The number of ketones is 1. The van der Waals surface area contributed by atoms with Crippen LogP contribution in [0.25, 0.3) is 0 Å². The fourth-order valence-electron chi connectivity index (χ4n) is 2.10. The van der Waals surface area contributed by atoms with E-state index < -0.39 is 0 Å². The van der Waals surface area contributed by atoms with Crippen LogP contribution in [0.5, 0.6) is 0 Å². The van der Waals surface area contributed by atoms with Gasteiger partial charge in [-0.1, -0.05) is 6.92 Å². The molecule has 2 rings (SSSR count). The molecule has 0 spiro atoms. The molecule has 18 heavy (non-hydrogen) atoms. The molecule has 1 atom stereocenters. The van der Waals surface area contributed by atoms with Crippen LogP contribution >= 0.6 is 15.9 Å². The van der Waals surface area contributed by atoms with Crippen molar-refractivity contribution in [3.05, 3.63) is 16.4 Å². The molecule has 1 unspecified atom stereocenters. The maximum absolute atomic E-state index is 12.5. The number of halogens is 1. The Balaban J connectivity index is 2.14. The number of rotatable bonds is 6. The largest absolute Gasteiger partial charge is 0.308 e. The molecule has 100 valence electrons. The van der Waals surface area contributed by atoms with E-state index >= 15 is 0 Å². The smallest absolute Gasteiger partial charge is 0.185 e. The zero-order valence-corrected chi connectivity index (χ0v) is 12.8. The van der Waals surface area contributed by atoms with Crippen molar-refractivity contribution in [2.24, 2.45) is 11.8 Å². The second-order valence-corrected chi connectivity index (χ2v) is 6.21. The molecule has 1 aliphatic rings. The lowest BCUT2D eigenvalue weighted by molar-refractivity contribution is 0.0903. The van der Waals surface area contributed by atoms with Gasteiger partial charge in [0.25, 0.3) is 0 Å². The van der Waals surface area contributed by atoms with Gasteiger partial charge in [-0.3, -0.25) is 9.48 Å². The minimum Gasteiger partial charge on any atom is -0.308 e. The number of carbonyl (C=O) groups excluding carboxylic acids is 1. The molecule has 0 saturated heterocycles. The van der Waals surface area contributed by atoms with Crippen molar-refractivity contribution in [2.45, 2.75) is 26.3 Å². The molecule has 5 heteroatoms. The summed E-state index contributed by atoms with van der Waals surface area (Å²) < 4.78 is 2.64. The standard InChI is InChI=1S/C13H20BrN3O/c1-9(10-4-5-10)13(18)12-11(14)8-15-17(12)7-6-16(2)3/h8-10H,4-7H2,1-3H3. The molecule has 1 aliphatic carbocycles. The Morgan fingerprint density at radius 1 is 1.61 bits per heavy atom. The number of hydrogen-bond acceptors (Lipinski definition) is 3. The summed E-state index contributed by atoms with van der Waals surface area (Å²) in [5, 5.41) is 4.29. The van der Waals surface area contributed by atoms with Crippen LogP contribution in [0.2, 0.25) is 0 Å². The van der Waals surface area contributed by atoms with E-state index in [1.165, 1.54) is 12.8 Å². The molecule has 0 radical (unpaired) electrons. The zero-order chi connectivity index (χ0) is 13.3. The summed E-state index contributed by atoms with van der Waals surface area (Å²) in [6.07, 6.45) is 4.11. The van der Waals surface area contributed by atoms with E-state index in [1.54, 1.807) is 6.20 Å². The Bertz CT molecular complexity index is 437. The monoisotopic (exact) mass is 313 g/mol. The average molecular weight is 314 g/mol. The zero-order valence-electron chi connectivity index (χ0n) is 11.2. The number of hydrogen-bond donors (Lipinski definition) is 0. The van der Waals surface area contributed by atoms with Crippen molar-refractivity contribution in [1.82, 2.24) is 14.7 Å². The summed E-state index contributed by atoms with van der Waals surface area (Å²) in [6, 6.07) is 0. The van der Waals surface area contributed by atoms with Gasteiger partial charge in [-0.25, -0.2) is 0 Å². The summed E-state index contributed by atoms with van der Waals surface area (Å²) in [6.45, 7) is 3.67. The van der Waals surface area contributed by atoms with Crippen molar-refractivity contribution in [3.8, 4) is 0 Å². The molecule has 1 fully saturated rings. The highest BCUT2D eigenvalue weighted by molar-refractivity contribution is 9.10. The van der Waals surface area contributed by atoms with E-state index in [4.69, 9.17) is 0 Å². The number of likely N-dealkylation sites (N-methyl/N-ethyl adjacent to an activating group) is 1. The van der Waals surface area contributed by atoms with Gasteiger partial charge in [0.2, 0.25) is 0 Å². The van der Waals surface area contributed by atoms with E-state index in [0.29, 0.717) is 5.92 Å². The predicted octanol–water partition coefficient (Wildman–Crippen LogP) is 2.44. The van der Waals surface area contributed by atoms with Crippen LogP contribution in [0.15, 0.2) is 10.7 Å². The maximum Gasteiger partial charge on any atom is 0.185 e. The van der Waals surface area contributed by atoms with Crippen LogP contribution in [0.3, 0.4) is 0 Å². The second-order valence-electron chi connectivity index (χ2n) is 5.36. The Morgan fingerprint density at radius 2 is 2.28 bits per heavy atom. The number of carbonyl (C=O) groups is 1. The lowest BCUT2D eigenvalue weighted by Gasteiger charge is -2.14. The molecule has 0 amide bonds. The Morgan fingerprint density at radius 3 is 2.83 bits per heavy atom. The molecule has 1 saturated carbocycles. The van der Waals surface area contributed by atoms with E-state index in [2.05, 4.69) is 25.9 Å². The summed E-state index contributed by atoms with van der Waals surface area (Å²) in [4.78, 5) is 14.6. The summed E-state index contributed by atoms with van der Waals surface area (Å²) >= 11 is 3.44. The van der Waals surface area contributed by atoms with Gasteiger partial charge in [-0.2, -0.15) is 5.10 Å². The molecule has 0 aliphatic heterocycles. The second kappa shape index (κ2) is 5.53. The number of Topliss-reactive ketones (excluding diaryl/α,β-unsaturated/α-hetero) is 1.